The molecule has 0 saturated heterocycles. The molecule has 2 bridgehead atoms. The third kappa shape index (κ3) is 7.14. The van der Waals surface area contributed by atoms with Gasteiger partial charge in [0.15, 0.2) is 0 Å². The second-order valence-corrected chi connectivity index (χ2v) is 15.1. The molecule has 0 spiro atoms. The zero-order chi connectivity index (χ0) is 28.2. The maximum absolute atomic E-state index is 9.17. The van der Waals surface area contributed by atoms with E-state index in [0.717, 1.165) is 23.7 Å². The van der Waals surface area contributed by atoms with E-state index in [0.29, 0.717) is 22.9 Å². The quantitative estimate of drug-likeness (QED) is 0.329. The van der Waals surface area contributed by atoms with E-state index in [4.69, 9.17) is 14.9 Å². The van der Waals surface area contributed by atoms with Crippen LogP contribution in [0.15, 0.2) is 23.8 Å². The Bertz CT molecular complexity index is 811. The van der Waals surface area contributed by atoms with Crippen molar-refractivity contribution in [3.63, 3.8) is 0 Å². The summed E-state index contributed by atoms with van der Waals surface area (Å²) in [5, 5.41) is 24.4. The average molecular weight is 533 g/mol. The van der Waals surface area contributed by atoms with Crippen LogP contribution in [0.5, 0.6) is 0 Å². The topological polar surface area (TPSA) is 69.9 Å². The van der Waals surface area contributed by atoms with Gasteiger partial charge in [-0.25, -0.2) is 0 Å². The van der Waals surface area contributed by atoms with Crippen LogP contribution in [0.25, 0.3) is 0 Å². The zero-order valence-electron chi connectivity index (χ0n) is 25.7. The monoisotopic (exact) mass is 532 g/mol. The second-order valence-electron chi connectivity index (χ2n) is 15.1. The van der Waals surface area contributed by atoms with Gasteiger partial charge >= 0.3 is 0 Å². The average Bonchev–Trinajstić information content (AvgIpc) is 2.87. The summed E-state index contributed by atoms with van der Waals surface area (Å²) >= 11 is 0. The van der Waals surface area contributed by atoms with Gasteiger partial charge in [0.2, 0.25) is 0 Å². The van der Waals surface area contributed by atoms with Crippen molar-refractivity contribution in [2.24, 2.45) is 39.9 Å². The van der Waals surface area contributed by atoms with E-state index in [9.17, 15) is 5.11 Å². The minimum atomic E-state index is -0.125. The van der Waals surface area contributed by atoms with Crippen molar-refractivity contribution in [3.8, 4) is 0 Å². The normalized spacial score (nSPS) is 40.1. The number of hydrogen-bond donors (Lipinski definition) is 3. The van der Waals surface area contributed by atoms with Crippen molar-refractivity contribution in [2.75, 3.05) is 26.4 Å². The van der Waals surface area contributed by atoms with E-state index in [2.05, 4.69) is 54.2 Å². The molecule has 4 nitrogen and oxygen atoms in total. The first kappa shape index (κ1) is 31.8. The predicted molar refractivity (Wildman–Crippen MR) is 158 cm³/mol. The minimum absolute atomic E-state index is 0.0897. The van der Waals surface area contributed by atoms with Gasteiger partial charge in [0.1, 0.15) is 0 Å². The first-order chi connectivity index (χ1) is 17.8. The van der Waals surface area contributed by atoms with Crippen molar-refractivity contribution < 1.29 is 20.1 Å². The van der Waals surface area contributed by atoms with Crippen LogP contribution in [0.3, 0.4) is 0 Å². The fourth-order valence-corrected chi connectivity index (χ4v) is 9.06. The van der Waals surface area contributed by atoms with Crippen molar-refractivity contribution in [1.29, 1.82) is 0 Å². The maximum Gasteiger partial charge on any atom is 0.0720 e. The lowest BCUT2D eigenvalue weighted by atomic mass is 9.49. The number of aliphatic hydroxyl groups is 3. The first-order valence-corrected chi connectivity index (χ1v) is 15.6. The van der Waals surface area contributed by atoms with Gasteiger partial charge in [0, 0.05) is 0 Å². The first-order valence-electron chi connectivity index (χ1n) is 15.6. The summed E-state index contributed by atoms with van der Waals surface area (Å²) in [4.78, 5) is 0. The largest absolute Gasteiger partial charge is 0.394 e. The van der Waals surface area contributed by atoms with Crippen molar-refractivity contribution in [3.05, 3.63) is 23.8 Å². The Morgan fingerprint density at radius 3 is 2.13 bits per heavy atom. The maximum atomic E-state index is 9.17. The van der Waals surface area contributed by atoms with Gasteiger partial charge in [-0.15, -0.1) is 0 Å². The number of fused-ring (bicyclic) bond motifs is 5. The molecular weight excluding hydrogens is 472 g/mol. The van der Waals surface area contributed by atoms with E-state index in [1.165, 1.54) is 82.6 Å². The van der Waals surface area contributed by atoms with Crippen LogP contribution in [0.1, 0.15) is 119 Å². The highest BCUT2D eigenvalue weighted by molar-refractivity contribution is 5.16. The Balaban J connectivity index is 0.000000189. The van der Waals surface area contributed by atoms with E-state index in [1.807, 2.05) is 0 Å². The number of allylic oxidation sites excluding steroid dienone is 3. The molecular formula is C34H60O4. The molecule has 38 heavy (non-hydrogen) atoms. The summed E-state index contributed by atoms with van der Waals surface area (Å²) in [6.45, 7) is 19.2. The van der Waals surface area contributed by atoms with Crippen LogP contribution in [0.2, 0.25) is 0 Å². The van der Waals surface area contributed by atoms with E-state index in [1.54, 1.807) is 5.57 Å². The predicted octanol–water partition coefficient (Wildman–Crippen LogP) is 7.47. The Hall–Kier alpha value is -0.680. The molecule has 0 aromatic rings. The molecule has 0 radical (unpaired) electrons. The highest BCUT2D eigenvalue weighted by Crippen LogP contribution is 2.65. The highest BCUT2D eigenvalue weighted by atomic mass is 16.5. The van der Waals surface area contributed by atoms with Crippen molar-refractivity contribution in [2.45, 2.75) is 124 Å². The van der Waals surface area contributed by atoms with Gasteiger partial charge in [-0.3, -0.25) is 0 Å². The second kappa shape index (κ2) is 12.9. The summed E-state index contributed by atoms with van der Waals surface area (Å²) < 4.78 is 6.31. The number of hydrogen-bond acceptors (Lipinski definition) is 4. The summed E-state index contributed by atoms with van der Waals surface area (Å²) in [6.07, 6.45) is 18.1. The van der Waals surface area contributed by atoms with E-state index >= 15 is 0 Å². The fourth-order valence-electron chi connectivity index (χ4n) is 9.06. The molecule has 3 N–H and O–H groups in total. The summed E-state index contributed by atoms with van der Waals surface area (Å²) in [6, 6.07) is 0. The molecule has 220 valence electrons. The molecule has 0 aromatic heterocycles. The van der Waals surface area contributed by atoms with Crippen molar-refractivity contribution >= 4 is 0 Å². The minimum Gasteiger partial charge on any atom is -0.394 e. The smallest absolute Gasteiger partial charge is 0.0720 e. The standard InChI is InChI=1S/C17H30O2.C15H24.C2H6O2/c1-15(2)11-14-13(15)5-8-16(3)6-4-7-17(14,12-16)19-10-9-18;1-11-6-5-7-12(2)13-10-15(3,4)14(13)9-8-11;3-1-2-4/h13-14,18H,4-12H2,1-3H3;6,13-14H,2,5,7-10H2,1,3-4H3;3-4H,1-2H2/b;11-6+;. The molecule has 4 saturated carbocycles. The molecule has 0 aromatic carbocycles. The fraction of sp³-hybridized carbons (Fsp3) is 0.882. The Morgan fingerprint density at radius 1 is 0.842 bits per heavy atom. The van der Waals surface area contributed by atoms with Gasteiger partial charge in [-0.1, -0.05) is 64.8 Å². The summed E-state index contributed by atoms with van der Waals surface area (Å²) in [5.41, 5.74) is 4.76. The van der Waals surface area contributed by atoms with Gasteiger partial charge in [0.25, 0.3) is 0 Å². The lowest BCUT2D eigenvalue weighted by Gasteiger charge is -2.59. The zero-order valence-corrected chi connectivity index (χ0v) is 25.7. The van der Waals surface area contributed by atoms with Crippen LogP contribution >= 0.6 is 0 Å². The van der Waals surface area contributed by atoms with E-state index in [-0.39, 0.29) is 25.4 Å². The molecule has 0 aliphatic heterocycles. The van der Waals surface area contributed by atoms with Crippen LogP contribution in [0, 0.1) is 39.9 Å². The third-order valence-electron chi connectivity index (χ3n) is 11.2. The Labute approximate surface area is 234 Å². The summed E-state index contributed by atoms with van der Waals surface area (Å²) in [7, 11) is 0. The van der Waals surface area contributed by atoms with Gasteiger partial charge in [-0.05, 0) is 117 Å². The van der Waals surface area contributed by atoms with Crippen LogP contribution in [0.4, 0.5) is 0 Å². The third-order valence-corrected chi connectivity index (χ3v) is 11.2. The lowest BCUT2D eigenvalue weighted by Crippen LogP contribution is -2.57. The highest BCUT2D eigenvalue weighted by Gasteiger charge is 2.61. The number of aliphatic hydroxyl groups excluding tert-OH is 3. The van der Waals surface area contributed by atoms with Gasteiger partial charge < -0.3 is 20.1 Å². The Morgan fingerprint density at radius 2 is 1.53 bits per heavy atom. The molecule has 4 heteroatoms. The van der Waals surface area contributed by atoms with Crippen LogP contribution in [-0.2, 0) is 4.74 Å². The molecule has 0 amide bonds. The summed E-state index contributed by atoms with van der Waals surface area (Å²) in [5.74, 6) is 3.31. The molecule has 4 fully saturated rings. The number of ether oxygens (including phenoxy) is 1. The van der Waals surface area contributed by atoms with Crippen LogP contribution in [-0.4, -0.2) is 47.3 Å². The molecule has 6 atom stereocenters. The van der Waals surface area contributed by atoms with Crippen LogP contribution < -0.4 is 0 Å². The van der Waals surface area contributed by atoms with Crippen molar-refractivity contribution in [1.82, 2.24) is 0 Å². The molecule has 5 aliphatic rings. The van der Waals surface area contributed by atoms with E-state index < -0.39 is 0 Å². The molecule has 5 aliphatic carbocycles. The van der Waals surface area contributed by atoms with Gasteiger partial charge in [-0.2, -0.15) is 0 Å². The molecule has 0 heterocycles. The number of rotatable bonds is 4. The lowest BCUT2D eigenvalue weighted by molar-refractivity contribution is -0.195. The molecule has 5 rings (SSSR count). The molecule has 6 unspecified atom stereocenters. The Kier molecular flexibility index (Phi) is 10.8. The van der Waals surface area contributed by atoms with Gasteiger partial charge in [0.05, 0.1) is 32.0 Å². The SMILES string of the molecule is C=C1CC/C=C(\C)CCC2C1CC2(C)C.CC12CCCC(OCCO)(C1)C1CC(C)(C)C1CC2.OCCO.